The van der Waals surface area contributed by atoms with E-state index in [0.717, 1.165) is 17.4 Å². The number of nitrogens with one attached hydrogen (secondary N) is 2. The number of thioether (sulfide) groups is 1. The summed E-state index contributed by atoms with van der Waals surface area (Å²) in [4.78, 5) is 31.7. The Bertz CT molecular complexity index is 1460. The van der Waals surface area contributed by atoms with Gasteiger partial charge in [-0.2, -0.15) is 0 Å². The lowest BCUT2D eigenvalue weighted by molar-refractivity contribution is -0.109. The summed E-state index contributed by atoms with van der Waals surface area (Å²) in [5.74, 6) is 0.477. The molecule has 8 nitrogen and oxygen atoms in total. The van der Waals surface area contributed by atoms with Gasteiger partial charge in [-0.1, -0.05) is 30.0 Å². The van der Waals surface area contributed by atoms with Crippen LogP contribution in [0.15, 0.2) is 83.9 Å². The number of hydrogen-bond donors (Lipinski definition) is 2. The van der Waals surface area contributed by atoms with Crippen molar-refractivity contribution in [3.8, 4) is 0 Å². The van der Waals surface area contributed by atoms with E-state index in [1.807, 2.05) is 30.3 Å². The molecule has 34 heavy (non-hydrogen) atoms. The molecule has 2 heterocycles. The second-order valence-corrected chi connectivity index (χ2v) is 10.1. The summed E-state index contributed by atoms with van der Waals surface area (Å²) in [6, 6.07) is 20.7. The van der Waals surface area contributed by atoms with Crippen LogP contribution in [0.3, 0.4) is 0 Å². The molecule has 2 N–H and O–H groups in total. The van der Waals surface area contributed by atoms with Gasteiger partial charge in [-0.3, -0.25) is 14.3 Å². The van der Waals surface area contributed by atoms with E-state index in [9.17, 15) is 18.0 Å². The number of pyridine rings is 2. The number of rotatable bonds is 8. The largest absolute Gasteiger partial charge is 0.340 e. The Morgan fingerprint density at radius 2 is 1.71 bits per heavy atom. The molecule has 0 atom stereocenters. The van der Waals surface area contributed by atoms with Gasteiger partial charge in [0.25, 0.3) is 10.0 Å². The molecule has 4 rings (SSSR count). The number of carbonyl (C=O) groups is 2. The molecule has 0 radical (unpaired) electrons. The van der Waals surface area contributed by atoms with Gasteiger partial charge in [0.1, 0.15) is 11.6 Å². The fourth-order valence-electron chi connectivity index (χ4n) is 3.08. The average molecular weight is 493 g/mol. The maximum absolute atomic E-state index is 12.9. The van der Waals surface area contributed by atoms with Crippen LogP contribution in [0.25, 0.3) is 10.9 Å². The Morgan fingerprint density at radius 1 is 0.941 bits per heavy atom. The summed E-state index contributed by atoms with van der Waals surface area (Å²) in [7, 11) is -3.91. The van der Waals surface area contributed by atoms with Gasteiger partial charge in [0, 0.05) is 29.8 Å². The second kappa shape index (κ2) is 10.0. The fourth-order valence-corrected chi connectivity index (χ4v) is 4.62. The SMILES string of the molecule is CC(=O)SCC(=O)c1ccc(NS(=O)(=O)c2ccc3nc(Nc4ccccc4)ccc3c2)nc1. The van der Waals surface area contributed by atoms with Crippen LogP contribution in [0.5, 0.6) is 0 Å². The normalized spacial score (nSPS) is 11.2. The molecule has 0 fully saturated rings. The van der Waals surface area contributed by atoms with Crippen LogP contribution >= 0.6 is 11.8 Å². The van der Waals surface area contributed by atoms with Crippen molar-refractivity contribution in [2.24, 2.45) is 0 Å². The minimum atomic E-state index is -3.91. The molecule has 0 bridgehead atoms. The number of hydrogen-bond acceptors (Lipinski definition) is 8. The number of para-hydroxylation sites is 1. The maximum atomic E-state index is 12.9. The number of aromatic nitrogens is 2. The number of nitrogens with zero attached hydrogens (tertiary/aromatic N) is 2. The molecule has 2 aromatic heterocycles. The molecule has 0 aliphatic carbocycles. The lowest BCUT2D eigenvalue weighted by Crippen LogP contribution is -2.14. The molecular weight excluding hydrogens is 472 g/mol. The first kappa shape index (κ1) is 23.4. The van der Waals surface area contributed by atoms with Crippen molar-refractivity contribution in [3.05, 3.63) is 84.6 Å². The molecule has 172 valence electrons. The van der Waals surface area contributed by atoms with Crippen LogP contribution in [-0.4, -0.2) is 35.0 Å². The maximum Gasteiger partial charge on any atom is 0.263 e. The highest BCUT2D eigenvalue weighted by molar-refractivity contribution is 8.14. The predicted molar refractivity (Wildman–Crippen MR) is 134 cm³/mol. The summed E-state index contributed by atoms with van der Waals surface area (Å²) < 4.78 is 28.1. The van der Waals surface area contributed by atoms with Crippen molar-refractivity contribution in [2.45, 2.75) is 11.8 Å². The van der Waals surface area contributed by atoms with E-state index in [1.54, 1.807) is 18.2 Å². The number of fused-ring (bicyclic) bond motifs is 1. The summed E-state index contributed by atoms with van der Waals surface area (Å²) in [6.45, 7) is 1.39. The van der Waals surface area contributed by atoms with Gasteiger partial charge in [-0.25, -0.2) is 18.4 Å². The average Bonchev–Trinajstić information content (AvgIpc) is 2.83. The molecule has 0 spiro atoms. The van der Waals surface area contributed by atoms with Crippen molar-refractivity contribution >= 4 is 60.9 Å². The Kier molecular flexibility index (Phi) is 6.90. The van der Waals surface area contributed by atoms with E-state index in [2.05, 4.69) is 20.0 Å². The standard InChI is InChI=1S/C24H20N4O4S2/c1-16(29)33-15-22(30)18-8-11-23(25-14-18)28-34(31,32)20-9-10-21-17(13-20)7-12-24(27-21)26-19-5-3-2-4-6-19/h2-14H,15H2,1H3,(H,25,28)(H,26,27). The Hall–Kier alpha value is -3.76. The van der Waals surface area contributed by atoms with Crippen LogP contribution < -0.4 is 10.0 Å². The van der Waals surface area contributed by atoms with E-state index < -0.39 is 10.0 Å². The molecule has 0 unspecified atom stereocenters. The van der Waals surface area contributed by atoms with E-state index in [0.29, 0.717) is 22.3 Å². The third-order valence-electron chi connectivity index (χ3n) is 4.75. The summed E-state index contributed by atoms with van der Waals surface area (Å²) >= 11 is 0.911. The highest BCUT2D eigenvalue weighted by atomic mass is 32.2. The smallest absolute Gasteiger partial charge is 0.263 e. The quantitative estimate of drug-likeness (QED) is 0.342. The molecule has 10 heteroatoms. The number of Topliss-reactive ketones (excluding diaryl/α,β-unsaturated/α-hetero) is 1. The Morgan fingerprint density at radius 3 is 2.41 bits per heavy atom. The molecule has 0 aliphatic heterocycles. The number of benzene rings is 2. The summed E-state index contributed by atoms with van der Waals surface area (Å²) in [5, 5.41) is 3.72. The second-order valence-electron chi connectivity index (χ2n) is 7.28. The van der Waals surface area contributed by atoms with Crippen molar-refractivity contribution < 1.29 is 18.0 Å². The predicted octanol–water partition coefficient (Wildman–Crippen LogP) is 4.64. The fraction of sp³-hybridized carbons (Fsp3) is 0.0833. The van der Waals surface area contributed by atoms with E-state index in [-0.39, 0.29) is 27.4 Å². The lowest BCUT2D eigenvalue weighted by Gasteiger charge is -2.10. The van der Waals surface area contributed by atoms with Gasteiger partial charge in [0.15, 0.2) is 10.9 Å². The zero-order chi connectivity index (χ0) is 24.1. The van der Waals surface area contributed by atoms with Crippen molar-refractivity contribution in [1.82, 2.24) is 9.97 Å². The van der Waals surface area contributed by atoms with E-state index in [1.165, 1.54) is 37.4 Å². The molecule has 0 aliphatic rings. The van der Waals surface area contributed by atoms with Crippen molar-refractivity contribution in [2.75, 3.05) is 15.8 Å². The molecule has 0 saturated carbocycles. The number of ketones is 1. The zero-order valence-corrected chi connectivity index (χ0v) is 19.7. The first-order valence-electron chi connectivity index (χ1n) is 10.2. The third kappa shape index (κ3) is 5.77. The van der Waals surface area contributed by atoms with Crippen LogP contribution in [-0.2, 0) is 14.8 Å². The van der Waals surface area contributed by atoms with Gasteiger partial charge >= 0.3 is 0 Å². The minimum absolute atomic E-state index is 0.00972. The molecule has 0 amide bonds. The van der Waals surface area contributed by atoms with Gasteiger partial charge in [0.05, 0.1) is 16.2 Å². The Balaban J connectivity index is 1.48. The highest BCUT2D eigenvalue weighted by Crippen LogP contribution is 2.23. The summed E-state index contributed by atoms with van der Waals surface area (Å²) in [5.41, 5.74) is 1.84. The third-order valence-corrected chi connectivity index (χ3v) is 6.91. The van der Waals surface area contributed by atoms with Crippen LogP contribution in [0.2, 0.25) is 0 Å². The van der Waals surface area contributed by atoms with E-state index >= 15 is 0 Å². The molecule has 2 aromatic carbocycles. The topological polar surface area (TPSA) is 118 Å². The minimum Gasteiger partial charge on any atom is -0.340 e. The van der Waals surface area contributed by atoms with Gasteiger partial charge in [-0.15, -0.1) is 0 Å². The van der Waals surface area contributed by atoms with Crippen LogP contribution in [0.1, 0.15) is 17.3 Å². The van der Waals surface area contributed by atoms with Crippen LogP contribution in [0, 0.1) is 0 Å². The summed E-state index contributed by atoms with van der Waals surface area (Å²) in [6.07, 6.45) is 1.28. The lowest BCUT2D eigenvalue weighted by atomic mass is 10.2. The van der Waals surface area contributed by atoms with Gasteiger partial charge < -0.3 is 5.32 Å². The first-order chi connectivity index (χ1) is 16.3. The van der Waals surface area contributed by atoms with Crippen LogP contribution in [0.4, 0.5) is 17.3 Å². The molecule has 0 saturated heterocycles. The Labute approximate surface area is 200 Å². The van der Waals surface area contributed by atoms with Gasteiger partial charge in [-0.05, 0) is 54.6 Å². The van der Waals surface area contributed by atoms with Crippen molar-refractivity contribution in [3.63, 3.8) is 0 Å². The highest BCUT2D eigenvalue weighted by Gasteiger charge is 2.16. The molecular formula is C24H20N4O4S2. The first-order valence-corrected chi connectivity index (χ1v) is 12.7. The molecule has 4 aromatic rings. The number of anilines is 3. The number of carbonyl (C=O) groups excluding carboxylic acids is 2. The monoisotopic (exact) mass is 492 g/mol. The van der Waals surface area contributed by atoms with E-state index in [4.69, 9.17) is 0 Å². The number of sulfonamides is 1. The van der Waals surface area contributed by atoms with Gasteiger partial charge in [0.2, 0.25) is 0 Å². The zero-order valence-electron chi connectivity index (χ0n) is 18.1. The van der Waals surface area contributed by atoms with Crippen molar-refractivity contribution in [1.29, 1.82) is 0 Å².